The van der Waals surface area contributed by atoms with Crippen molar-refractivity contribution in [1.29, 1.82) is 0 Å². The highest BCUT2D eigenvalue weighted by Gasteiger charge is 2.36. The summed E-state index contributed by atoms with van der Waals surface area (Å²) in [6.45, 7) is 4.94. The molecule has 2 rings (SSSR count). The van der Waals surface area contributed by atoms with Gasteiger partial charge in [-0.1, -0.05) is 6.92 Å². The molecule has 2 aliphatic rings. The van der Waals surface area contributed by atoms with E-state index in [0.29, 0.717) is 0 Å². The molecule has 2 fully saturated rings. The minimum absolute atomic E-state index is 0.991. The first-order chi connectivity index (χ1) is 4.92. The van der Waals surface area contributed by atoms with E-state index in [1.807, 2.05) is 0 Å². The average Bonchev–Trinajstić information content (AvgIpc) is 2.69. The van der Waals surface area contributed by atoms with Gasteiger partial charge in [0.05, 0.1) is 0 Å². The van der Waals surface area contributed by atoms with Crippen LogP contribution < -0.4 is 0 Å². The van der Waals surface area contributed by atoms with Crippen molar-refractivity contribution in [1.82, 2.24) is 4.90 Å². The Balaban J connectivity index is 1.91. The summed E-state index contributed by atoms with van der Waals surface area (Å²) >= 11 is 0. The molecule has 0 aromatic rings. The number of hydrogen-bond acceptors (Lipinski definition) is 1. The molecule has 0 aromatic carbocycles. The molecule has 0 spiro atoms. The Bertz CT molecular complexity index is 118. The lowest BCUT2D eigenvalue weighted by atomic mass is 10.1. The largest absolute Gasteiger partial charge is 0.300 e. The van der Waals surface area contributed by atoms with Crippen molar-refractivity contribution >= 4 is 0 Å². The van der Waals surface area contributed by atoms with E-state index in [9.17, 15) is 0 Å². The predicted molar refractivity (Wildman–Crippen MR) is 43.0 cm³/mol. The lowest BCUT2D eigenvalue weighted by Gasteiger charge is -2.21. The molecule has 1 nitrogen and oxygen atoms in total. The van der Waals surface area contributed by atoms with Gasteiger partial charge < -0.3 is 4.90 Å². The molecule has 0 amide bonds. The van der Waals surface area contributed by atoms with E-state index < -0.39 is 0 Å². The quantitative estimate of drug-likeness (QED) is 0.564. The lowest BCUT2D eigenvalue weighted by Crippen LogP contribution is -2.30. The number of nitrogens with zero attached hydrogens (tertiary/aromatic N) is 1. The molecule has 1 saturated heterocycles. The molecule has 0 N–H and O–H groups in total. The molecule has 10 heavy (non-hydrogen) atoms. The highest BCUT2D eigenvalue weighted by Crippen LogP contribution is 2.39. The minimum atomic E-state index is 0.991. The molecule has 1 unspecified atom stereocenters. The second-order valence-electron chi connectivity index (χ2n) is 3.68. The van der Waals surface area contributed by atoms with E-state index in [1.165, 1.54) is 38.8 Å². The summed E-state index contributed by atoms with van der Waals surface area (Å²) in [5, 5.41) is 0. The first kappa shape index (κ1) is 6.66. The standard InChI is InChI=1S/C9H17N/c1-2-10-7-3-4-9(10)8-5-6-8/h8-9H,2-7H2,1H3. The number of hydrogen-bond donors (Lipinski definition) is 0. The normalized spacial score (nSPS) is 35.1. The summed E-state index contributed by atoms with van der Waals surface area (Å²) in [6.07, 6.45) is 5.97. The first-order valence-corrected chi connectivity index (χ1v) is 4.66. The van der Waals surface area contributed by atoms with E-state index in [-0.39, 0.29) is 0 Å². The Labute approximate surface area is 63.4 Å². The van der Waals surface area contributed by atoms with Gasteiger partial charge in [0.2, 0.25) is 0 Å². The van der Waals surface area contributed by atoms with E-state index in [4.69, 9.17) is 0 Å². The van der Waals surface area contributed by atoms with Crippen LogP contribution >= 0.6 is 0 Å². The zero-order valence-corrected chi connectivity index (χ0v) is 6.84. The third kappa shape index (κ3) is 1.07. The van der Waals surface area contributed by atoms with Crippen LogP contribution in [0.5, 0.6) is 0 Å². The molecule has 0 aromatic heterocycles. The molecule has 1 heterocycles. The second kappa shape index (κ2) is 2.54. The van der Waals surface area contributed by atoms with Crippen LogP contribution in [0.4, 0.5) is 0 Å². The third-order valence-corrected chi connectivity index (χ3v) is 2.99. The van der Waals surface area contributed by atoms with Crippen LogP contribution in [0.3, 0.4) is 0 Å². The Morgan fingerprint density at radius 3 is 2.70 bits per heavy atom. The summed E-state index contributed by atoms with van der Waals surface area (Å²) in [6, 6.07) is 0.991. The summed E-state index contributed by atoms with van der Waals surface area (Å²) in [4.78, 5) is 2.66. The van der Waals surface area contributed by atoms with Gasteiger partial charge in [-0.2, -0.15) is 0 Å². The summed E-state index contributed by atoms with van der Waals surface area (Å²) in [5.41, 5.74) is 0. The highest BCUT2D eigenvalue weighted by atomic mass is 15.2. The van der Waals surface area contributed by atoms with Gasteiger partial charge in [-0.05, 0) is 44.7 Å². The third-order valence-electron chi connectivity index (χ3n) is 2.99. The van der Waals surface area contributed by atoms with Gasteiger partial charge in [-0.15, -0.1) is 0 Å². The average molecular weight is 139 g/mol. The van der Waals surface area contributed by atoms with Crippen LogP contribution in [0, 0.1) is 5.92 Å². The molecule has 0 bridgehead atoms. The first-order valence-electron chi connectivity index (χ1n) is 4.66. The van der Waals surface area contributed by atoms with E-state index in [2.05, 4.69) is 11.8 Å². The fraction of sp³-hybridized carbons (Fsp3) is 1.00. The van der Waals surface area contributed by atoms with E-state index in [0.717, 1.165) is 12.0 Å². The molecule has 1 aliphatic heterocycles. The van der Waals surface area contributed by atoms with Gasteiger partial charge in [0, 0.05) is 6.04 Å². The zero-order chi connectivity index (χ0) is 6.97. The SMILES string of the molecule is CCN1CCCC1C1CC1. The Kier molecular flexibility index (Phi) is 1.69. The number of rotatable bonds is 2. The fourth-order valence-electron chi connectivity index (χ4n) is 2.26. The van der Waals surface area contributed by atoms with Crippen molar-refractivity contribution in [3.8, 4) is 0 Å². The van der Waals surface area contributed by atoms with Crippen molar-refractivity contribution < 1.29 is 0 Å². The number of likely N-dealkylation sites (tertiary alicyclic amines) is 1. The van der Waals surface area contributed by atoms with Crippen LogP contribution in [0.2, 0.25) is 0 Å². The molecular weight excluding hydrogens is 122 g/mol. The van der Waals surface area contributed by atoms with Gasteiger partial charge in [0.1, 0.15) is 0 Å². The zero-order valence-electron chi connectivity index (χ0n) is 6.84. The lowest BCUT2D eigenvalue weighted by molar-refractivity contribution is 0.244. The van der Waals surface area contributed by atoms with Crippen molar-refractivity contribution in [3.05, 3.63) is 0 Å². The van der Waals surface area contributed by atoms with Crippen LogP contribution in [-0.4, -0.2) is 24.0 Å². The van der Waals surface area contributed by atoms with Crippen LogP contribution in [0.15, 0.2) is 0 Å². The summed E-state index contributed by atoms with van der Waals surface area (Å²) in [5.74, 6) is 1.10. The molecule has 1 heteroatoms. The predicted octanol–water partition coefficient (Wildman–Crippen LogP) is 1.88. The van der Waals surface area contributed by atoms with Gasteiger partial charge in [-0.3, -0.25) is 0 Å². The summed E-state index contributed by atoms with van der Waals surface area (Å²) in [7, 11) is 0. The Hall–Kier alpha value is -0.0400. The van der Waals surface area contributed by atoms with Crippen molar-refractivity contribution in [2.75, 3.05) is 13.1 Å². The van der Waals surface area contributed by atoms with Gasteiger partial charge >= 0.3 is 0 Å². The Morgan fingerprint density at radius 1 is 1.30 bits per heavy atom. The smallest absolute Gasteiger partial charge is 0.0124 e. The molecule has 58 valence electrons. The Morgan fingerprint density at radius 2 is 2.10 bits per heavy atom. The fourth-order valence-corrected chi connectivity index (χ4v) is 2.26. The van der Waals surface area contributed by atoms with E-state index >= 15 is 0 Å². The van der Waals surface area contributed by atoms with Crippen molar-refractivity contribution in [3.63, 3.8) is 0 Å². The molecule has 1 saturated carbocycles. The second-order valence-corrected chi connectivity index (χ2v) is 3.68. The maximum Gasteiger partial charge on any atom is 0.0124 e. The molecular formula is C9H17N. The van der Waals surface area contributed by atoms with Gasteiger partial charge in [0.15, 0.2) is 0 Å². The van der Waals surface area contributed by atoms with Crippen LogP contribution in [-0.2, 0) is 0 Å². The van der Waals surface area contributed by atoms with E-state index in [1.54, 1.807) is 0 Å². The van der Waals surface area contributed by atoms with Crippen LogP contribution in [0.1, 0.15) is 32.6 Å². The van der Waals surface area contributed by atoms with Crippen molar-refractivity contribution in [2.45, 2.75) is 38.6 Å². The summed E-state index contributed by atoms with van der Waals surface area (Å²) < 4.78 is 0. The van der Waals surface area contributed by atoms with Crippen LogP contribution in [0.25, 0.3) is 0 Å². The molecule has 0 radical (unpaired) electrons. The maximum atomic E-state index is 2.66. The minimum Gasteiger partial charge on any atom is -0.300 e. The van der Waals surface area contributed by atoms with Gasteiger partial charge in [-0.25, -0.2) is 0 Å². The molecule has 1 aliphatic carbocycles. The molecule has 1 atom stereocenters. The highest BCUT2D eigenvalue weighted by molar-refractivity contribution is 4.91. The monoisotopic (exact) mass is 139 g/mol. The topological polar surface area (TPSA) is 3.24 Å². The maximum absolute atomic E-state index is 2.66. The van der Waals surface area contributed by atoms with Gasteiger partial charge in [0.25, 0.3) is 0 Å². The van der Waals surface area contributed by atoms with Crippen molar-refractivity contribution in [2.24, 2.45) is 5.92 Å².